The molecule has 0 amide bonds. The normalized spacial score (nSPS) is 16.1. The Kier molecular flexibility index (Phi) is 7.56. The minimum Gasteiger partial charge on any atom is -0.332 e. The third-order valence-electron chi connectivity index (χ3n) is 8.74. The summed E-state index contributed by atoms with van der Waals surface area (Å²) in [4.78, 5) is 9.63. The van der Waals surface area contributed by atoms with Gasteiger partial charge in [0.15, 0.2) is 0 Å². The molecule has 4 aromatic carbocycles. The zero-order chi connectivity index (χ0) is 30.8. The molecule has 45 heavy (non-hydrogen) atoms. The Bertz CT molecular complexity index is 1920. The maximum atomic E-state index is 4.82. The SMILES string of the molecule is CC(C)c1ccc(N(c2ccccc2)C2(C)C=CC(N(c3ccccc3)c3ccc(-c4cn5ccccc5n4)cc3)=CC2)cc1. The van der Waals surface area contributed by atoms with Crippen molar-refractivity contribution in [1.82, 2.24) is 9.38 Å². The van der Waals surface area contributed by atoms with Crippen LogP contribution in [0.2, 0.25) is 0 Å². The minimum absolute atomic E-state index is 0.250. The minimum atomic E-state index is -0.250. The van der Waals surface area contributed by atoms with E-state index in [4.69, 9.17) is 4.98 Å². The van der Waals surface area contributed by atoms with Crippen LogP contribution >= 0.6 is 0 Å². The predicted octanol–water partition coefficient (Wildman–Crippen LogP) is 10.7. The zero-order valence-corrected chi connectivity index (χ0v) is 26.1. The van der Waals surface area contributed by atoms with E-state index in [-0.39, 0.29) is 5.54 Å². The molecular weight excluding hydrogens is 548 g/mol. The van der Waals surface area contributed by atoms with E-state index in [0.717, 1.165) is 40.4 Å². The van der Waals surface area contributed by atoms with Gasteiger partial charge in [0.25, 0.3) is 0 Å². The second kappa shape index (κ2) is 12.0. The summed E-state index contributed by atoms with van der Waals surface area (Å²) in [6, 6.07) is 45.2. The number of benzene rings is 4. The maximum absolute atomic E-state index is 4.82. The Morgan fingerprint density at radius 2 is 1.29 bits per heavy atom. The van der Waals surface area contributed by atoms with Crippen LogP contribution in [-0.2, 0) is 0 Å². The average molecular weight is 587 g/mol. The number of hydrogen-bond acceptors (Lipinski definition) is 3. The van der Waals surface area contributed by atoms with Crippen LogP contribution < -0.4 is 9.80 Å². The number of pyridine rings is 1. The zero-order valence-electron chi connectivity index (χ0n) is 26.1. The lowest BCUT2D eigenvalue weighted by molar-refractivity contribution is 0.566. The van der Waals surface area contributed by atoms with Gasteiger partial charge in [-0.25, -0.2) is 4.98 Å². The van der Waals surface area contributed by atoms with Crippen LogP contribution in [0.1, 0.15) is 38.7 Å². The summed E-state index contributed by atoms with van der Waals surface area (Å²) in [5.74, 6) is 0.498. The second-order valence-corrected chi connectivity index (χ2v) is 12.3. The maximum Gasteiger partial charge on any atom is 0.137 e. The third-order valence-corrected chi connectivity index (χ3v) is 8.74. The Balaban J connectivity index is 1.22. The lowest BCUT2D eigenvalue weighted by atomic mass is 9.88. The Morgan fingerprint density at radius 1 is 0.689 bits per heavy atom. The first-order valence-electron chi connectivity index (χ1n) is 15.7. The molecule has 0 saturated carbocycles. The van der Waals surface area contributed by atoms with E-state index < -0.39 is 0 Å². The molecule has 0 spiro atoms. The van der Waals surface area contributed by atoms with Crippen LogP contribution in [0.5, 0.6) is 0 Å². The Hall–Kier alpha value is -5.35. The van der Waals surface area contributed by atoms with Gasteiger partial charge in [0.1, 0.15) is 5.65 Å². The molecule has 4 nitrogen and oxygen atoms in total. The molecule has 2 aromatic heterocycles. The highest BCUT2D eigenvalue weighted by Gasteiger charge is 2.33. The lowest BCUT2D eigenvalue weighted by Gasteiger charge is -2.43. The summed E-state index contributed by atoms with van der Waals surface area (Å²) in [5, 5.41) is 0. The summed E-state index contributed by atoms with van der Waals surface area (Å²) >= 11 is 0. The van der Waals surface area contributed by atoms with Crippen molar-refractivity contribution >= 4 is 28.4 Å². The van der Waals surface area contributed by atoms with Crippen molar-refractivity contribution in [3.8, 4) is 11.3 Å². The van der Waals surface area contributed by atoms with Gasteiger partial charge in [-0.3, -0.25) is 0 Å². The van der Waals surface area contributed by atoms with Crippen molar-refractivity contribution in [3.63, 3.8) is 0 Å². The molecule has 222 valence electrons. The fourth-order valence-corrected chi connectivity index (χ4v) is 6.25. The van der Waals surface area contributed by atoms with Crippen LogP contribution in [0.4, 0.5) is 22.7 Å². The molecule has 0 bridgehead atoms. The van der Waals surface area contributed by atoms with Crippen molar-refractivity contribution < 1.29 is 0 Å². The molecule has 0 radical (unpaired) electrons. The first-order valence-corrected chi connectivity index (χ1v) is 15.7. The molecule has 6 aromatic rings. The summed E-state index contributed by atoms with van der Waals surface area (Å²) in [6.07, 6.45) is 12.0. The molecule has 1 unspecified atom stereocenters. The number of hydrogen-bond donors (Lipinski definition) is 0. The van der Waals surface area contributed by atoms with Crippen molar-refractivity contribution in [3.05, 3.63) is 169 Å². The fourth-order valence-electron chi connectivity index (χ4n) is 6.25. The highest BCUT2D eigenvalue weighted by molar-refractivity contribution is 5.74. The van der Waals surface area contributed by atoms with Gasteiger partial charge in [-0.05, 0) is 91.6 Å². The summed E-state index contributed by atoms with van der Waals surface area (Å²) in [5.41, 5.74) is 9.87. The van der Waals surface area contributed by atoms with E-state index in [9.17, 15) is 0 Å². The number of nitrogens with zero attached hydrogens (tertiary/aromatic N) is 4. The fraction of sp³-hybridized carbons (Fsp3) is 0.146. The molecule has 1 aliphatic rings. The van der Waals surface area contributed by atoms with Crippen molar-refractivity contribution in [2.75, 3.05) is 9.80 Å². The topological polar surface area (TPSA) is 23.8 Å². The predicted molar refractivity (Wildman–Crippen MR) is 189 cm³/mol. The van der Waals surface area contributed by atoms with Gasteiger partial charge in [0, 0.05) is 46.4 Å². The molecule has 1 aliphatic carbocycles. The third kappa shape index (κ3) is 5.67. The monoisotopic (exact) mass is 586 g/mol. The van der Waals surface area contributed by atoms with Gasteiger partial charge in [-0.2, -0.15) is 0 Å². The van der Waals surface area contributed by atoms with E-state index in [1.54, 1.807) is 0 Å². The lowest BCUT2D eigenvalue weighted by Crippen LogP contribution is -2.43. The van der Waals surface area contributed by atoms with Gasteiger partial charge in [-0.15, -0.1) is 0 Å². The highest BCUT2D eigenvalue weighted by atomic mass is 15.2. The van der Waals surface area contributed by atoms with Gasteiger partial charge >= 0.3 is 0 Å². The van der Waals surface area contributed by atoms with Crippen LogP contribution in [0.3, 0.4) is 0 Å². The number of fused-ring (bicyclic) bond motifs is 1. The van der Waals surface area contributed by atoms with E-state index in [2.05, 4.69) is 169 Å². The molecular formula is C41H38N4. The Morgan fingerprint density at radius 3 is 1.91 bits per heavy atom. The van der Waals surface area contributed by atoms with E-state index in [1.807, 2.05) is 24.4 Å². The van der Waals surface area contributed by atoms with E-state index in [1.165, 1.54) is 16.9 Å². The molecule has 0 N–H and O–H groups in total. The largest absolute Gasteiger partial charge is 0.332 e. The summed E-state index contributed by atoms with van der Waals surface area (Å²) < 4.78 is 2.06. The molecule has 4 heteroatoms. The number of anilines is 4. The van der Waals surface area contributed by atoms with Crippen molar-refractivity contribution in [1.29, 1.82) is 0 Å². The first kappa shape index (κ1) is 28.4. The van der Waals surface area contributed by atoms with E-state index in [0.29, 0.717) is 5.92 Å². The summed E-state index contributed by atoms with van der Waals surface area (Å²) in [7, 11) is 0. The number of allylic oxidation sites excluding steroid dienone is 1. The molecule has 0 fully saturated rings. The van der Waals surface area contributed by atoms with E-state index >= 15 is 0 Å². The van der Waals surface area contributed by atoms with Gasteiger partial charge in [-0.1, -0.05) is 92.7 Å². The Labute approximate surface area is 266 Å². The average Bonchev–Trinajstić information content (AvgIpc) is 3.52. The highest BCUT2D eigenvalue weighted by Crippen LogP contribution is 2.41. The first-order chi connectivity index (χ1) is 22.0. The number of para-hydroxylation sites is 2. The van der Waals surface area contributed by atoms with Crippen LogP contribution in [0.15, 0.2) is 164 Å². The van der Waals surface area contributed by atoms with Crippen LogP contribution in [-0.4, -0.2) is 14.9 Å². The molecule has 7 rings (SSSR count). The molecule has 0 aliphatic heterocycles. The quantitative estimate of drug-likeness (QED) is 0.177. The second-order valence-electron chi connectivity index (χ2n) is 12.3. The standard InChI is InChI=1S/C41H38N4/c1-31(2)32-17-23-38(24-18-32)45(37-14-8-5-9-15-37)41(3)27-25-36(26-28-41)44(34-12-6-4-7-13-34)35-21-19-33(20-22-35)39-30-43-29-11-10-16-40(43)42-39/h4-27,29-31H,28H2,1-3H3. The van der Waals surface area contributed by atoms with Crippen molar-refractivity contribution in [2.45, 2.75) is 38.6 Å². The smallest absolute Gasteiger partial charge is 0.137 e. The molecule has 0 saturated heterocycles. The van der Waals surface area contributed by atoms with Crippen LogP contribution in [0.25, 0.3) is 16.9 Å². The van der Waals surface area contributed by atoms with Crippen molar-refractivity contribution in [2.24, 2.45) is 0 Å². The number of imidazole rings is 1. The van der Waals surface area contributed by atoms with Gasteiger partial charge < -0.3 is 14.2 Å². The number of aromatic nitrogens is 2. The summed E-state index contributed by atoms with van der Waals surface area (Å²) in [6.45, 7) is 6.82. The number of rotatable bonds is 8. The molecule has 2 heterocycles. The van der Waals surface area contributed by atoms with Crippen LogP contribution in [0, 0.1) is 0 Å². The molecule has 1 atom stereocenters. The van der Waals surface area contributed by atoms with Gasteiger partial charge in [0.05, 0.1) is 11.2 Å². The van der Waals surface area contributed by atoms with Gasteiger partial charge in [0.2, 0.25) is 0 Å².